The van der Waals surface area contributed by atoms with E-state index in [2.05, 4.69) is 60.6 Å². The Morgan fingerprint density at radius 2 is 2.08 bits per heavy atom. The van der Waals surface area contributed by atoms with E-state index in [9.17, 15) is 4.79 Å². The topological polar surface area (TPSA) is 62.7 Å². The Hall–Kier alpha value is -0.830. The summed E-state index contributed by atoms with van der Waals surface area (Å²) in [6.07, 6.45) is 4.60. The predicted molar refractivity (Wildman–Crippen MR) is 116 cm³/mol. The number of guanidine groups is 1. The first-order chi connectivity index (χ1) is 11.6. The molecule has 140 valence electrons. The third-order valence-electron chi connectivity index (χ3n) is 4.44. The molecule has 2 rings (SSSR count). The van der Waals surface area contributed by atoms with Gasteiger partial charge in [0.15, 0.2) is 5.96 Å². The molecule has 5 nitrogen and oxygen atoms in total. The molecular weight excluding hydrogens is 497 g/mol. The van der Waals surface area contributed by atoms with Crippen molar-refractivity contribution >= 4 is 51.8 Å². The summed E-state index contributed by atoms with van der Waals surface area (Å²) in [6, 6.07) is 8.55. The number of hydrogen-bond acceptors (Lipinski definition) is 3. The van der Waals surface area contributed by atoms with E-state index in [1.807, 2.05) is 0 Å². The van der Waals surface area contributed by atoms with Gasteiger partial charge in [-0.1, -0.05) is 28.1 Å². The number of carbonyl (C=O) groups excluding carboxylic acids is 1. The maximum atomic E-state index is 11.1. The van der Waals surface area contributed by atoms with E-state index in [1.165, 1.54) is 25.5 Å². The summed E-state index contributed by atoms with van der Waals surface area (Å²) in [6.45, 7) is 1.67. The van der Waals surface area contributed by atoms with Crippen LogP contribution in [0.5, 0.6) is 0 Å². The molecule has 2 N–H and O–H groups in total. The van der Waals surface area contributed by atoms with Crippen LogP contribution in [0.1, 0.15) is 37.7 Å². The first-order valence-corrected chi connectivity index (χ1v) is 9.16. The summed E-state index contributed by atoms with van der Waals surface area (Å²) in [5.41, 5.74) is 1.60. The smallest absolute Gasteiger partial charge is 0.305 e. The van der Waals surface area contributed by atoms with Gasteiger partial charge in [0.2, 0.25) is 0 Å². The minimum absolute atomic E-state index is 0. The highest BCUT2D eigenvalue weighted by Gasteiger charge is 2.44. The van der Waals surface area contributed by atoms with E-state index in [0.29, 0.717) is 6.42 Å². The number of aliphatic imine (C=N–C) groups is 1. The number of benzene rings is 1. The molecule has 7 heteroatoms. The average Bonchev–Trinajstić information content (AvgIpc) is 3.38. The fourth-order valence-corrected chi connectivity index (χ4v) is 3.11. The van der Waals surface area contributed by atoms with E-state index < -0.39 is 0 Å². The maximum Gasteiger partial charge on any atom is 0.305 e. The van der Waals surface area contributed by atoms with E-state index >= 15 is 0 Å². The zero-order valence-corrected chi connectivity index (χ0v) is 18.7. The van der Waals surface area contributed by atoms with Crippen LogP contribution in [0.4, 0.5) is 0 Å². The number of esters is 1. The van der Waals surface area contributed by atoms with Crippen molar-refractivity contribution < 1.29 is 9.53 Å². The molecule has 0 atom stereocenters. The molecule has 0 aliphatic heterocycles. The van der Waals surface area contributed by atoms with Crippen LogP contribution in [0.3, 0.4) is 0 Å². The molecule has 1 fully saturated rings. The van der Waals surface area contributed by atoms with Gasteiger partial charge in [-0.05, 0) is 43.4 Å². The lowest BCUT2D eigenvalue weighted by Gasteiger charge is -2.19. The van der Waals surface area contributed by atoms with Gasteiger partial charge < -0.3 is 15.4 Å². The van der Waals surface area contributed by atoms with Gasteiger partial charge >= 0.3 is 5.97 Å². The minimum Gasteiger partial charge on any atom is -0.469 e. The SMILES string of the molecule is CN=C(NCCCCC(=O)OC)NCC1(c2cccc(Br)c2)CC1.I. The monoisotopic (exact) mass is 523 g/mol. The lowest BCUT2D eigenvalue weighted by molar-refractivity contribution is -0.140. The van der Waals surface area contributed by atoms with Crippen molar-refractivity contribution in [3.8, 4) is 0 Å². The van der Waals surface area contributed by atoms with Crippen LogP contribution in [0.15, 0.2) is 33.7 Å². The molecule has 0 saturated heterocycles. The summed E-state index contributed by atoms with van der Waals surface area (Å²) >= 11 is 3.55. The van der Waals surface area contributed by atoms with Crippen molar-refractivity contribution in [3.05, 3.63) is 34.3 Å². The number of unbranched alkanes of at least 4 members (excludes halogenated alkanes) is 1. The quantitative estimate of drug-likeness (QED) is 0.180. The summed E-state index contributed by atoms with van der Waals surface area (Å²) in [5, 5.41) is 6.73. The molecule has 25 heavy (non-hydrogen) atoms. The van der Waals surface area contributed by atoms with Gasteiger partial charge in [0.1, 0.15) is 0 Å². The second kappa shape index (κ2) is 11.0. The molecule has 1 saturated carbocycles. The number of rotatable bonds is 8. The molecule has 0 bridgehead atoms. The molecule has 0 radical (unpaired) electrons. The van der Waals surface area contributed by atoms with E-state index in [1.54, 1.807) is 7.05 Å². The average molecular weight is 524 g/mol. The molecular formula is C18H27BrIN3O2. The van der Waals surface area contributed by atoms with Gasteiger partial charge in [0.05, 0.1) is 7.11 Å². The van der Waals surface area contributed by atoms with Gasteiger partial charge in [-0.15, -0.1) is 24.0 Å². The van der Waals surface area contributed by atoms with Crippen molar-refractivity contribution in [2.45, 2.75) is 37.5 Å². The fourth-order valence-electron chi connectivity index (χ4n) is 2.71. The van der Waals surface area contributed by atoms with Crippen LogP contribution in [0, 0.1) is 0 Å². The highest BCUT2D eigenvalue weighted by molar-refractivity contribution is 14.0. The highest BCUT2D eigenvalue weighted by Crippen LogP contribution is 2.48. The summed E-state index contributed by atoms with van der Waals surface area (Å²) in [5.74, 6) is 0.663. The molecule has 0 unspecified atom stereocenters. The van der Waals surface area contributed by atoms with Crippen LogP contribution in [0.2, 0.25) is 0 Å². The number of hydrogen-bond donors (Lipinski definition) is 2. The van der Waals surface area contributed by atoms with Crippen molar-refractivity contribution in [2.75, 3.05) is 27.2 Å². The molecule has 0 heterocycles. The van der Waals surface area contributed by atoms with Crippen molar-refractivity contribution in [2.24, 2.45) is 4.99 Å². The standard InChI is InChI=1S/C18H26BrN3O2.HI/c1-20-17(21-11-4-3-8-16(23)24-2)22-13-18(9-10-18)14-6-5-7-15(19)12-14;/h5-7,12H,3-4,8-11,13H2,1-2H3,(H2,20,21,22);1H. The third-order valence-corrected chi connectivity index (χ3v) is 4.93. The maximum absolute atomic E-state index is 11.1. The molecule has 1 aliphatic carbocycles. The molecule has 1 aliphatic rings. The lowest BCUT2D eigenvalue weighted by atomic mass is 9.96. The normalized spacial score (nSPS) is 15.1. The van der Waals surface area contributed by atoms with E-state index in [4.69, 9.17) is 0 Å². The van der Waals surface area contributed by atoms with Crippen molar-refractivity contribution in [1.29, 1.82) is 0 Å². The first kappa shape index (κ1) is 22.2. The fraction of sp³-hybridized carbons (Fsp3) is 0.556. The zero-order valence-electron chi connectivity index (χ0n) is 14.8. The van der Waals surface area contributed by atoms with Crippen LogP contribution < -0.4 is 10.6 Å². The Bertz CT molecular complexity index is 591. The van der Waals surface area contributed by atoms with Crippen molar-refractivity contribution in [1.82, 2.24) is 10.6 Å². The molecule has 1 aromatic rings. The number of methoxy groups -OCH3 is 1. The molecule has 1 aromatic carbocycles. The van der Waals surface area contributed by atoms with Crippen LogP contribution >= 0.6 is 39.9 Å². The number of nitrogens with one attached hydrogen (secondary N) is 2. The first-order valence-electron chi connectivity index (χ1n) is 8.37. The van der Waals surface area contributed by atoms with Gasteiger partial charge in [0.25, 0.3) is 0 Å². The summed E-state index contributed by atoms with van der Waals surface area (Å²) in [7, 11) is 3.20. The largest absolute Gasteiger partial charge is 0.469 e. The highest BCUT2D eigenvalue weighted by atomic mass is 127. The predicted octanol–water partition coefficient (Wildman–Crippen LogP) is 3.61. The number of carbonyl (C=O) groups is 1. The van der Waals surface area contributed by atoms with Crippen LogP contribution in [-0.2, 0) is 14.9 Å². The number of nitrogens with zero attached hydrogens (tertiary/aromatic N) is 1. The van der Waals surface area contributed by atoms with Crippen LogP contribution in [-0.4, -0.2) is 39.2 Å². The number of ether oxygens (including phenoxy) is 1. The van der Waals surface area contributed by atoms with Crippen molar-refractivity contribution in [3.63, 3.8) is 0 Å². The van der Waals surface area contributed by atoms with Gasteiger partial charge in [-0.2, -0.15) is 0 Å². The van der Waals surface area contributed by atoms with Gasteiger partial charge in [-0.25, -0.2) is 0 Å². The second-order valence-electron chi connectivity index (χ2n) is 6.18. The van der Waals surface area contributed by atoms with E-state index in [-0.39, 0.29) is 35.4 Å². The van der Waals surface area contributed by atoms with Gasteiger partial charge in [0, 0.05) is 36.4 Å². The molecule has 0 aromatic heterocycles. The van der Waals surface area contributed by atoms with Gasteiger partial charge in [-0.3, -0.25) is 9.79 Å². The Balaban J connectivity index is 0.00000312. The Morgan fingerprint density at radius 3 is 2.68 bits per heavy atom. The Morgan fingerprint density at radius 1 is 1.32 bits per heavy atom. The summed E-state index contributed by atoms with van der Waals surface area (Å²) in [4.78, 5) is 15.3. The second-order valence-corrected chi connectivity index (χ2v) is 7.09. The molecule has 0 spiro atoms. The lowest BCUT2D eigenvalue weighted by Crippen LogP contribution is -2.41. The Kier molecular flexibility index (Phi) is 9.78. The third kappa shape index (κ3) is 7.13. The number of halogens is 2. The summed E-state index contributed by atoms with van der Waals surface area (Å²) < 4.78 is 5.76. The van der Waals surface area contributed by atoms with E-state index in [0.717, 1.165) is 36.4 Å². The Labute approximate surface area is 175 Å². The molecule has 0 amide bonds. The minimum atomic E-state index is -0.151. The zero-order chi connectivity index (χ0) is 17.4. The van der Waals surface area contributed by atoms with Crippen LogP contribution in [0.25, 0.3) is 0 Å².